The molecule has 0 spiro atoms. The summed E-state index contributed by atoms with van der Waals surface area (Å²) in [6.45, 7) is 4.00. The van der Waals surface area contributed by atoms with E-state index in [1.165, 1.54) is 19.2 Å². The van der Waals surface area contributed by atoms with Crippen molar-refractivity contribution in [2.24, 2.45) is 0 Å². The minimum atomic E-state index is -3.86. The number of ether oxygens (including phenoxy) is 1. The van der Waals surface area contributed by atoms with E-state index in [2.05, 4.69) is 15.0 Å². The number of pyridine rings is 1. The first-order chi connectivity index (χ1) is 10.8. The van der Waals surface area contributed by atoms with E-state index in [0.29, 0.717) is 5.02 Å². The van der Waals surface area contributed by atoms with Crippen molar-refractivity contribution in [3.63, 3.8) is 0 Å². The molecule has 124 valence electrons. The molecule has 0 atom stereocenters. The third kappa shape index (κ3) is 4.49. The normalized spacial score (nSPS) is 11.3. The van der Waals surface area contributed by atoms with Crippen molar-refractivity contribution in [3.05, 3.63) is 41.6 Å². The van der Waals surface area contributed by atoms with Crippen LogP contribution in [-0.2, 0) is 10.0 Å². The lowest BCUT2D eigenvalue weighted by molar-refractivity contribution is 0.403. The second kappa shape index (κ2) is 7.06. The van der Waals surface area contributed by atoms with Crippen molar-refractivity contribution in [3.8, 4) is 5.75 Å². The number of rotatable bonds is 6. The summed E-state index contributed by atoms with van der Waals surface area (Å²) in [7, 11) is -2.46. The molecule has 0 aliphatic heterocycles. The van der Waals surface area contributed by atoms with Crippen LogP contribution in [0.3, 0.4) is 0 Å². The zero-order valence-electron chi connectivity index (χ0n) is 13.0. The van der Waals surface area contributed by atoms with Crippen molar-refractivity contribution in [2.75, 3.05) is 17.1 Å². The van der Waals surface area contributed by atoms with Gasteiger partial charge in [-0.2, -0.15) is 0 Å². The lowest BCUT2D eigenvalue weighted by Crippen LogP contribution is -2.15. The van der Waals surface area contributed by atoms with Crippen LogP contribution in [0.5, 0.6) is 5.75 Å². The Kier molecular flexibility index (Phi) is 5.33. The van der Waals surface area contributed by atoms with Crippen LogP contribution in [0.4, 0.5) is 11.5 Å². The first-order valence-corrected chi connectivity index (χ1v) is 8.77. The highest BCUT2D eigenvalue weighted by atomic mass is 35.5. The molecule has 1 aromatic carbocycles. The van der Waals surface area contributed by atoms with Crippen LogP contribution in [-0.4, -0.2) is 26.6 Å². The quantitative estimate of drug-likeness (QED) is 0.830. The van der Waals surface area contributed by atoms with E-state index in [4.69, 9.17) is 16.3 Å². The summed E-state index contributed by atoms with van der Waals surface area (Å²) in [5.74, 6) is 0.418. The van der Waals surface area contributed by atoms with Crippen LogP contribution in [0.1, 0.15) is 13.8 Å². The van der Waals surface area contributed by atoms with E-state index in [9.17, 15) is 8.42 Å². The monoisotopic (exact) mass is 355 g/mol. The fourth-order valence-electron chi connectivity index (χ4n) is 1.93. The topological polar surface area (TPSA) is 80.3 Å². The molecular formula is C15H18ClN3O3S. The van der Waals surface area contributed by atoms with Crippen LogP contribution in [0.25, 0.3) is 0 Å². The SMILES string of the molecule is COc1ccc(Cl)cc1S(=O)(=O)Nc1ccc(NC(C)C)cn1. The molecule has 2 aromatic rings. The van der Waals surface area contributed by atoms with Gasteiger partial charge >= 0.3 is 0 Å². The summed E-state index contributed by atoms with van der Waals surface area (Å²) in [4.78, 5) is 4.05. The van der Waals surface area contributed by atoms with Crippen LogP contribution in [0.2, 0.25) is 5.02 Å². The molecule has 0 saturated carbocycles. The number of nitrogens with one attached hydrogen (secondary N) is 2. The molecule has 2 rings (SSSR count). The molecule has 2 N–H and O–H groups in total. The van der Waals surface area contributed by atoms with Gasteiger partial charge in [0.2, 0.25) is 0 Å². The van der Waals surface area contributed by atoms with Gasteiger partial charge in [-0.25, -0.2) is 13.4 Å². The smallest absolute Gasteiger partial charge is 0.266 e. The summed E-state index contributed by atoms with van der Waals surface area (Å²) >= 11 is 5.88. The van der Waals surface area contributed by atoms with Crippen molar-refractivity contribution >= 4 is 33.1 Å². The molecule has 1 heterocycles. The second-order valence-electron chi connectivity index (χ2n) is 5.13. The van der Waals surface area contributed by atoms with Gasteiger partial charge in [0.05, 0.1) is 19.0 Å². The van der Waals surface area contributed by atoms with Crippen molar-refractivity contribution in [1.29, 1.82) is 0 Å². The number of methoxy groups -OCH3 is 1. The zero-order chi connectivity index (χ0) is 17.0. The molecule has 0 amide bonds. The molecule has 0 bridgehead atoms. The summed E-state index contributed by atoms with van der Waals surface area (Å²) in [6.07, 6.45) is 1.56. The second-order valence-corrected chi connectivity index (χ2v) is 7.22. The molecule has 0 aliphatic carbocycles. The van der Waals surface area contributed by atoms with Gasteiger partial charge in [0, 0.05) is 11.1 Å². The maximum absolute atomic E-state index is 12.5. The maximum atomic E-state index is 12.5. The number of nitrogens with zero attached hydrogens (tertiary/aromatic N) is 1. The van der Waals surface area contributed by atoms with Gasteiger partial charge < -0.3 is 10.1 Å². The molecule has 0 saturated heterocycles. The van der Waals surface area contributed by atoms with Crippen LogP contribution < -0.4 is 14.8 Å². The summed E-state index contributed by atoms with van der Waals surface area (Å²) in [5, 5.41) is 3.48. The molecular weight excluding hydrogens is 338 g/mol. The van der Waals surface area contributed by atoms with Gasteiger partial charge in [0.15, 0.2) is 0 Å². The fraction of sp³-hybridized carbons (Fsp3) is 0.267. The van der Waals surface area contributed by atoms with Gasteiger partial charge in [-0.3, -0.25) is 4.72 Å². The number of aromatic nitrogens is 1. The number of halogens is 1. The Hall–Kier alpha value is -1.99. The standard InChI is InChI=1S/C15H18ClN3O3S/c1-10(2)18-12-5-7-15(17-9-12)19-23(20,21)14-8-11(16)4-6-13(14)22-3/h4-10,18H,1-3H3,(H,17,19). The van der Waals surface area contributed by atoms with Crippen molar-refractivity contribution < 1.29 is 13.2 Å². The first-order valence-electron chi connectivity index (χ1n) is 6.91. The van der Waals surface area contributed by atoms with E-state index >= 15 is 0 Å². The minimum absolute atomic E-state index is 0.0429. The third-order valence-electron chi connectivity index (χ3n) is 2.87. The number of anilines is 2. The van der Waals surface area contributed by atoms with Gasteiger partial charge in [-0.15, -0.1) is 0 Å². The summed E-state index contributed by atoms with van der Waals surface area (Å²) < 4.78 is 32.5. The number of hydrogen-bond acceptors (Lipinski definition) is 5. The molecule has 0 aliphatic rings. The van der Waals surface area contributed by atoms with Crippen molar-refractivity contribution in [1.82, 2.24) is 4.98 Å². The lowest BCUT2D eigenvalue weighted by Gasteiger charge is -2.13. The average Bonchev–Trinajstić information content (AvgIpc) is 2.48. The molecule has 0 fully saturated rings. The Labute approximate surface area is 140 Å². The Morgan fingerprint density at radius 3 is 2.52 bits per heavy atom. The van der Waals surface area contributed by atoms with E-state index in [1.807, 2.05) is 13.8 Å². The van der Waals surface area contributed by atoms with E-state index in [1.54, 1.807) is 24.4 Å². The van der Waals surface area contributed by atoms with Crippen LogP contribution in [0, 0.1) is 0 Å². The highest BCUT2D eigenvalue weighted by molar-refractivity contribution is 7.92. The zero-order valence-corrected chi connectivity index (χ0v) is 14.6. The highest BCUT2D eigenvalue weighted by Crippen LogP contribution is 2.28. The molecule has 1 aromatic heterocycles. The summed E-state index contributed by atoms with van der Waals surface area (Å²) in [5.41, 5.74) is 0.809. The lowest BCUT2D eigenvalue weighted by atomic mass is 10.3. The Morgan fingerprint density at radius 2 is 1.96 bits per heavy atom. The Bertz CT molecular complexity index is 777. The van der Waals surface area contributed by atoms with E-state index in [-0.39, 0.29) is 22.5 Å². The summed E-state index contributed by atoms with van der Waals surface area (Å²) in [6, 6.07) is 7.98. The molecule has 6 nitrogen and oxygen atoms in total. The van der Waals surface area contributed by atoms with Gasteiger partial charge in [-0.1, -0.05) is 11.6 Å². The van der Waals surface area contributed by atoms with E-state index < -0.39 is 10.0 Å². The Morgan fingerprint density at radius 1 is 1.22 bits per heavy atom. The first kappa shape index (κ1) is 17.4. The van der Waals surface area contributed by atoms with Crippen LogP contribution in [0.15, 0.2) is 41.4 Å². The average molecular weight is 356 g/mol. The number of benzene rings is 1. The number of hydrogen-bond donors (Lipinski definition) is 2. The molecule has 0 radical (unpaired) electrons. The predicted octanol–water partition coefficient (Wildman–Crippen LogP) is 3.36. The van der Waals surface area contributed by atoms with Gasteiger partial charge in [-0.05, 0) is 44.2 Å². The Balaban J connectivity index is 2.26. The number of sulfonamides is 1. The fourth-order valence-corrected chi connectivity index (χ4v) is 3.37. The largest absolute Gasteiger partial charge is 0.495 e. The maximum Gasteiger partial charge on any atom is 0.266 e. The molecule has 0 unspecified atom stereocenters. The molecule has 23 heavy (non-hydrogen) atoms. The van der Waals surface area contributed by atoms with Gasteiger partial charge in [0.25, 0.3) is 10.0 Å². The molecule has 8 heteroatoms. The van der Waals surface area contributed by atoms with Crippen LogP contribution >= 0.6 is 11.6 Å². The predicted molar refractivity (Wildman–Crippen MR) is 91.8 cm³/mol. The van der Waals surface area contributed by atoms with Gasteiger partial charge in [0.1, 0.15) is 16.5 Å². The highest BCUT2D eigenvalue weighted by Gasteiger charge is 2.20. The van der Waals surface area contributed by atoms with Crippen molar-refractivity contribution in [2.45, 2.75) is 24.8 Å². The minimum Gasteiger partial charge on any atom is -0.495 e. The van der Waals surface area contributed by atoms with E-state index in [0.717, 1.165) is 5.69 Å². The third-order valence-corrected chi connectivity index (χ3v) is 4.48.